The van der Waals surface area contributed by atoms with E-state index in [4.69, 9.17) is 4.74 Å². The van der Waals surface area contributed by atoms with E-state index in [-0.39, 0.29) is 17.9 Å². The molecule has 2 heterocycles. The van der Waals surface area contributed by atoms with E-state index in [0.29, 0.717) is 5.56 Å². The van der Waals surface area contributed by atoms with Gasteiger partial charge in [0.25, 0.3) is 0 Å². The van der Waals surface area contributed by atoms with Gasteiger partial charge in [-0.15, -0.1) is 0 Å². The van der Waals surface area contributed by atoms with Crippen LogP contribution in [-0.2, 0) is 4.74 Å². The van der Waals surface area contributed by atoms with Crippen LogP contribution in [0.1, 0.15) is 16.8 Å². The van der Waals surface area contributed by atoms with Crippen LogP contribution in [0.5, 0.6) is 0 Å². The summed E-state index contributed by atoms with van der Waals surface area (Å²) in [5, 5.41) is 4.21. The molecule has 1 aromatic heterocycles. The minimum atomic E-state index is -0.169. The molecule has 0 bridgehead atoms. The predicted octanol–water partition coefficient (Wildman–Crippen LogP) is 1.79. The van der Waals surface area contributed by atoms with Crippen LogP contribution in [0, 0.1) is 0 Å². The normalized spacial score (nSPS) is 22.8. The van der Waals surface area contributed by atoms with Crippen molar-refractivity contribution in [3.8, 4) is 0 Å². The zero-order valence-electron chi connectivity index (χ0n) is 10.8. The summed E-state index contributed by atoms with van der Waals surface area (Å²) in [4.78, 5) is 16.9. The van der Waals surface area contributed by atoms with Gasteiger partial charge < -0.3 is 10.1 Å². The van der Waals surface area contributed by atoms with Crippen molar-refractivity contribution in [2.45, 2.75) is 18.6 Å². The summed E-state index contributed by atoms with van der Waals surface area (Å²) in [5.41, 5.74) is 1.46. The number of ketones is 1. The van der Waals surface area contributed by atoms with E-state index in [1.165, 1.54) is 0 Å². The molecule has 2 unspecified atom stereocenters. The van der Waals surface area contributed by atoms with Gasteiger partial charge in [-0.25, -0.2) is 0 Å². The van der Waals surface area contributed by atoms with Gasteiger partial charge in [0.05, 0.1) is 17.7 Å². The fourth-order valence-corrected chi connectivity index (χ4v) is 2.57. The van der Waals surface area contributed by atoms with E-state index in [1.807, 2.05) is 30.3 Å². The summed E-state index contributed by atoms with van der Waals surface area (Å²) in [6.07, 6.45) is 2.56. The number of carbonyl (C=O) groups is 1. The lowest BCUT2D eigenvalue weighted by atomic mass is 9.99. The van der Waals surface area contributed by atoms with E-state index in [1.54, 1.807) is 13.3 Å². The molecule has 0 saturated carbocycles. The zero-order chi connectivity index (χ0) is 13.2. The molecule has 1 saturated heterocycles. The standard InChI is InChI=1S/C15H16N2O2/c1-19-11-8-13(17-9-11)15(18)12-6-2-4-10-5-3-7-16-14(10)12/h2-7,11,13,17H,8-9H2,1H3. The van der Waals surface area contributed by atoms with Gasteiger partial charge in [0.2, 0.25) is 0 Å². The van der Waals surface area contributed by atoms with Crippen LogP contribution >= 0.6 is 0 Å². The van der Waals surface area contributed by atoms with Crippen molar-refractivity contribution in [2.24, 2.45) is 0 Å². The highest BCUT2D eigenvalue weighted by atomic mass is 16.5. The molecule has 1 aromatic carbocycles. The minimum absolute atomic E-state index is 0.101. The molecule has 2 aromatic rings. The number of para-hydroxylation sites is 1. The summed E-state index contributed by atoms with van der Waals surface area (Å²) in [5.74, 6) is 0.101. The lowest BCUT2D eigenvalue weighted by Gasteiger charge is -2.11. The largest absolute Gasteiger partial charge is 0.380 e. The van der Waals surface area contributed by atoms with E-state index >= 15 is 0 Å². The summed E-state index contributed by atoms with van der Waals surface area (Å²) in [6, 6.07) is 9.40. The Bertz CT molecular complexity index is 607. The van der Waals surface area contributed by atoms with Crippen LogP contribution in [0.15, 0.2) is 36.5 Å². The Morgan fingerprint density at radius 2 is 2.21 bits per heavy atom. The fourth-order valence-electron chi connectivity index (χ4n) is 2.57. The maximum Gasteiger partial charge on any atom is 0.182 e. The Morgan fingerprint density at radius 3 is 3.00 bits per heavy atom. The van der Waals surface area contributed by atoms with Crippen molar-refractivity contribution in [1.29, 1.82) is 0 Å². The van der Waals surface area contributed by atoms with Gasteiger partial charge in [-0.2, -0.15) is 0 Å². The molecule has 0 aliphatic carbocycles. The number of aromatic nitrogens is 1. The Morgan fingerprint density at radius 1 is 1.37 bits per heavy atom. The average molecular weight is 256 g/mol. The van der Waals surface area contributed by atoms with Gasteiger partial charge in [-0.05, 0) is 18.6 Å². The van der Waals surface area contributed by atoms with Crippen LogP contribution in [0.2, 0.25) is 0 Å². The molecule has 1 aliphatic heterocycles. The third-order valence-electron chi connectivity index (χ3n) is 3.64. The Kier molecular flexibility index (Phi) is 3.27. The van der Waals surface area contributed by atoms with Crippen LogP contribution in [0.4, 0.5) is 0 Å². The van der Waals surface area contributed by atoms with Crippen molar-refractivity contribution in [3.63, 3.8) is 0 Å². The number of methoxy groups -OCH3 is 1. The lowest BCUT2D eigenvalue weighted by Crippen LogP contribution is -2.30. The monoisotopic (exact) mass is 256 g/mol. The van der Waals surface area contributed by atoms with Crippen LogP contribution in [0.25, 0.3) is 10.9 Å². The first-order valence-electron chi connectivity index (χ1n) is 6.43. The molecule has 2 atom stereocenters. The molecule has 19 heavy (non-hydrogen) atoms. The van der Waals surface area contributed by atoms with Crippen molar-refractivity contribution in [2.75, 3.05) is 13.7 Å². The average Bonchev–Trinajstić information content (AvgIpc) is 2.95. The van der Waals surface area contributed by atoms with Crippen molar-refractivity contribution >= 4 is 16.7 Å². The molecule has 1 aliphatic rings. The quantitative estimate of drug-likeness (QED) is 0.851. The number of nitrogens with zero attached hydrogens (tertiary/aromatic N) is 1. The van der Waals surface area contributed by atoms with Crippen LogP contribution < -0.4 is 5.32 Å². The second-order valence-electron chi connectivity index (χ2n) is 4.80. The molecule has 1 N–H and O–H groups in total. The van der Waals surface area contributed by atoms with E-state index in [2.05, 4.69) is 10.3 Å². The SMILES string of the molecule is COC1CNC(C(=O)c2cccc3cccnc23)C1. The number of benzene rings is 1. The number of hydrogen-bond donors (Lipinski definition) is 1. The van der Waals surface area contributed by atoms with E-state index in [9.17, 15) is 4.79 Å². The molecule has 3 rings (SSSR count). The van der Waals surface area contributed by atoms with Gasteiger partial charge in [0, 0.05) is 30.8 Å². The summed E-state index contributed by atoms with van der Waals surface area (Å²) >= 11 is 0. The van der Waals surface area contributed by atoms with E-state index < -0.39 is 0 Å². The number of pyridine rings is 1. The van der Waals surface area contributed by atoms with Gasteiger partial charge >= 0.3 is 0 Å². The molecule has 1 fully saturated rings. The summed E-state index contributed by atoms with van der Waals surface area (Å²) in [6.45, 7) is 0.727. The Hall–Kier alpha value is -1.78. The first kappa shape index (κ1) is 12.3. The van der Waals surface area contributed by atoms with Crippen molar-refractivity contribution < 1.29 is 9.53 Å². The number of nitrogens with one attached hydrogen (secondary N) is 1. The highest BCUT2D eigenvalue weighted by molar-refractivity contribution is 6.09. The molecular formula is C15H16N2O2. The Labute approximate surface area is 111 Å². The van der Waals surface area contributed by atoms with Gasteiger partial charge in [0.1, 0.15) is 0 Å². The Balaban J connectivity index is 1.94. The smallest absolute Gasteiger partial charge is 0.182 e. The molecule has 98 valence electrons. The number of ether oxygens (including phenoxy) is 1. The predicted molar refractivity (Wildman–Crippen MR) is 73.3 cm³/mol. The molecule has 0 amide bonds. The summed E-state index contributed by atoms with van der Waals surface area (Å²) < 4.78 is 5.28. The molecular weight excluding hydrogens is 240 g/mol. The highest BCUT2D eigenvalue weighted by Crippen LogP contribution is 2.20. The number of hydrogen-bond acceptors (Lipinski definition) is 4. The fraction of sp³-hybridized carbons (Fsp3) is 0.333. The van der Waals surface area contributed by atoms with Crippen molar-refractivity contribution in [1.82, 2.24) is 10.3 Å². The van der Waals surface area contributed by atoms with Crippen molar-refractivity contribution in [3.05, 3.63) is 42.1 Å². The number of rotatable bonds is 3. The lowest BCUT2D eigenvalue weighted by molar-refractivity contribution is 0.0920. The number of fused-ring (bicyclic) bond motifs is 1. The topological polar surface area (TPSA) is 51.2 Å². The maximum absolute atomic E-state index is 12.6. The van der Waals surface area contributed by atoms with Crippen LogP contribution in [0.3, 0.4) is 0 Å². The molecule has 0 spiro atoms. The molecule has 4 heteroatoms. The third-order valence-corrected chi connectivity index (χ3v) is 3.64. The zero-order valence-corrected chi connectivity index (χ0v) is 10.8. The summed E-state index contributed by atoms with van der Waals surface area (Å²) in [7, 11) is 1.68. The molecule has 0 radical (unpaired) electrons. The highest BCUT2D eigenvalue weighted by Gasteiger charge is 2.30. The molecule has 4 nitrogen and oxygen atoms in total. The number of carbonyl (C=O) groups excluding carboxylic acids is 1. The van der Waals surface area contributed by atoms with Gasteiger partial charge in [0.15, 0.2) is 5.78 Å². The van der Waals surface area contributed by atoms with Gasteiger partial charge in [-0.1, -0.05) is 18.2 Å². The van der Waals surface area contributed by atoms with Crippen LogP contribution in [-0.4, -0.2) is 36.6 Å². The van der Waals surface area contributed by atoms with Gasteiger partial charge in [-0.3, -0.25) is 9.78 Å². The van der Waals surface area contributed by atoms with E-state index in [0.717, 1.165) is 23.9 Å². The third kappa shape index (κ3) is 2.25. The minimum Gasteiger partial charge on any atom is -0.380 e. The first-order chi connectivity index (χ1) is 9.29. The number of Topliss-reactive ketones (excluding diaryl/α,β-unsaturated/α-hetero) is 1. The first-order valence-corrected chi connectivity index (χ1v) is 6.43. The second kappa shape index (κ2) is 5.07. The second-order valence-corrected chi connectivity index (χ2v) is 4.80. The maximum atomic E-state index is 12.6.